The van der Waals surface area contributed by atoms with Crippen molar-refractivity contribution in [3.63, 3.8) is 0 Å². The molecule has 1 aromatic carbocycles. The lowest BCUT2D eigenvalue weighted by molar-refractivity contribution is 0.0103. The summed E-state index contributed by atoms with van der Waals surface area (Å²) in [5.74, 6) is 0.518. The highest BCUT2D eigenvalue weighted by molar-refractivity contribution is 6.30. The van der Waals surface area contributed by atoms with Gasteiger partial charge in [-0.15, -0.1) is 0 Å². The third kappa shape index (κ3) is 8.53. The summed E-state index contributed by atoms with van der Waals surface area (Å²) >= 11 is 5.87. The number of nitrogens with zero attached hydrogens (tertiary/aromatic N) is 2. The van der Waals surface area contributed by atoms with Crippen LogP contribution in [-0.2, 0) is 4.74 Å². The van der Waals surface area contributed by atoms with Gasteiger partial charge in [0.25, 0.3) is 0 Å². The summed E-state index contributed by atoms with van der Waals surface area (Å²) in [5, 5.41) is 0.625. The van der Waals surface area contributed by atoms with Crippen LogP contribution in [0, 0.1) is 0 Å². The number of hydrogen-bond donors (Lipinski definition) is 0. The number of hydrogen-bond acceptors (Lipinski definition) is 4. The van der Waals surface area contributed by atoms with Crippen LogP contribution in [0.2, 0.25) is 5.02 Å². The number of unbranched alkanes of at least 4 members (excludes halogenated alkanes) is 2. The summed E-state index contributed by atoms with van der Waals surface area (Å²) in [7, 11) is 1.82. The maximum atomic E-state index is 12.4. The van der Waals surface area contributed by atoms with Crippen molar-refractivity contribution in [1.29, 1.82) is 0 Å². The molecule has 0 heterocycles. The van der Waals surface area contributed by atoms with Crippen molar-refractivity contribution < 1.29 is 14.3 Å². The van der Waals surface area contributed by atoms with Crippen molar-refractivity contribution in [2.24, 2.45) is 0 Å². The van der Waals surface area contributed by atoms with E-state index in [9.17, 15) is 4.79 Å². The summed E-state index contributed by atoms with van der Waals surface area (Å²) in [6.07, 6.45) is 7.54. The van der Waals surface area contributed by atoms with Crippen LogP contribution in [0.4, 0.5) is 4.79 Å². The summed E-state index contributed by atoms with van der Waals surface area (Å²) < 4.78 is 11.5. The fourth-order valence-electron chi connectivity index (χ4n) is 3.83. The summed E-state index contributed by atoms with van der Waals surface area (Å²) in [6, 6.07) is 7.07. The minimum Gasteiger partial charge on any atom is -0.410 e. The zero-order chi connectivity index (χ0) is 21.1. The average molecular weight is 425 g/mol. The SMILES string of the molecule is CCN(CC)CCCCCO[C@H]1CC[C@H](N(C)C(=O)Oc2ccc(Cl)cc2)CC1. The summed E-state index contributed by atoms with van der Waals surface area (Å²) in [5.41, 5.74) is 0. The Bertz CT molecular complexity index is 584. The van der Waals surface area contributed by atoms with E-state index in [0.29, 0.717) is 16.9 Å². The van der Waals surface area contributed by atoms with Crippen LogP contribution in [0.1, 0.15) is 58.8 Å². The molecule has 0 atom stereocenters. The number of carbonyl (C=O) groups is 1. The van der Waals surface area contributed by atoms with E-state index in [-0.39, 0.29) is 12.1 Å². The van der Waals surface area contributed by atoms with E-state index < -0.39 is 0 Å². The first kappa shape index (κ1) is 24.0. The van der Waals surface area contributed by atoms with Crippen LogP contribution < -0.4 is 4.74 Å². The van der Waals surface area contributed by atoms with Crippen LogP contribution >= 0.6 is 11.6 Å². The molecule has 1 aliphatic rings. The van der Waals surface area contributed by atoms with Gasteiger partial charge in [-0.05, 0) is 88.8 Å². The topological polar surface area (TPSA) is 42.0 Å². The third-order valence-electron chi connectivity index (χ3n) is 5.86. The Morgan fingerprint density at radius 1 is 1.03 bits per heavy atom. The Balaban J connectivity index is 1.59. The van der Waals surface area contributed by atoms with Gasteiger partial charge in [0, 0.05) is 24.7 Å². The van der Waals surface area contributed by atoms with E-state index in [0.717, 1.165) is 51.8 Å². The molecule has 0 radical (unpaired) electrons. The van der Waals surface area contributed by atoms with Crippen molar-refractivity contribution in [3.8, 4) is 5.75 Å². The van der Waals surface area contributed by atoms with E-state index in [1.54, 1.807) is 29.2 Å². The number of ether oxygens (including phenoxy) is 2. The average Bonchev–Trinajstić information content (AvgIpc) is 2.75. The molecule has 164 valence electrons. The van der Waals surface area contributed by atoms with Crippen molar-refractivity contribution >= 4 is 17.7 Å². The first-order chi connectivity index (χ1) is 14.0. The van der Waals surface area contributed by atoms with Crippen molar-refractivity contribution in [2.75, 3.05) is 33.3 Å². The van der Waals surface area contributed by atoms with E-state index in [2.05, 4.69) is 18.7 Å². The van der Waals surface area contributed by atoms with Crippen molar-refractivity contribution in [2.45, 2.75) is 70.9 Å². The zero-order valence-corrected chi connectivity index (χ0v) is 19.0. The number of rotatable bonds is 11. The highest BCUT2D eigenvalue weighted by Crippen LogP contribution is 2.26. The molecule has 0 saturated heterocycles. The Morgan fingerprint density at radius 3 is 2.31 bits per heavy atom. The lowest BCUT2D eigenvalue weighted by Crippen LogP contribution is -2.42. The number of carbonyl (C=O) groups excluding carboxylic acids is 1. The minimum absolute atomic E-state index is 0.212. The van der Waals surface area contributed by atoms with Gasteiger partial charge in [0.15, 0.2) is 0 Å². The quantitative estimate of drug-likeness (QED) is 0.433. The van der Waals surface area contributed by atoms with E-state index in [4.69, 9.17) is 21.1 Å². The molecule has 0 N–H and O–H groups in total. The van der Waals surface area contributed by atoms with E-state index in [1.807, 2.05) is 7.05 Å². The fourth-order valence-corrected chi connectivity index (χ4v) is 3.95. The lowest BCUT2D eigenvalue weighted by atomic mass is 9.92. The molecule has 2 rings (SSSR count). The van der Waals surface area contributed by atoms with E-state index in [1.165, 1.54) is 19.4 Å². The van der Waals surface area contributed by atoms with Crippen LogP contribution in [0.15, 0.2) is 24.3 Å². The Labute approximate surface area is 181 Å². The molecule has 1 fully saturated rings. The predicted octanol–water partition coefficient (Wildman–Crippen LogP) is 5.61. The molecule has 6 heteroatoms. The molecule has 0 aliphatic heterocycles. The van der Waals surface area contributed by atoms with Gasteiger partial charge in [-0.1, -0.05) is 25.4 Å². The summed E-state index contributed by atoms with van der Waals surface area (Å²) in [4.78, 5) is 16.6. The van der Waals surface area contributed by atoms with Crippen molar-refractivity contribution in [1.82, 2.24) is 9.80 Å². The molecule has 0 bridgehead atoms. The smallest absolute Gasteiger partial charge is 0.410 e. The maximum Gasteiger partial charge on any atom is 0.415 e. The molecule has 0 aromatic heterocycles. The molecule has 5 nitrogen and oxygen atoms in total. The van der Waals surface area contributed by atoms with Gasteiger partial charge >= 0.3 is 6.09 Å². The van der Waals surface area contributed by atoms with Gasteiger partial charge < -0.3 is 19.3 Å². The van der Waals surface area contributed by atoms with Crippen LogP contribution in [0.3, 0.4) is 0 Å². The Morgan fingerprint density at radius 2 is 1.69 bits per heavy atom. The van der Waals surface area contributed by atoms with Gasteiger partial charge in [0.05, 0.1) is 6.10 Å². The molecule has 1 aromatic rings. The highest BCUT2D eigenvalue weighted by Gasteiger charge is 2.27. The number of halogens is 1. The summed E-state index contributed by atoms with van der Waals surface area (Å²) in [6.45, 7) is 8.75. The number of benzene rings is 1. The minimum atomic E-state index is -0.315. The molecule has 0 spiro atoms. The second kappa shape index (κ2) is 13.1. The second-order valence-corrected chi connectivity index (χ2v) is 8.26. The second-order valence-electron chi connectivity index (χ2n) is 7.82. The first-order valence-corrected chi connectivity index (χ1v) is 11.4. The first-order valence-electron chi connectivity index (χ1n) is 11.1. The molecule has 1 saturated carbocycles. The third-order valence-corrected chi connectivity index (χ3v) is 6.12. The van der Waals surface area contributed by atoms with Crippen LogP contribution in [0.25, 0.3) is 0 Å². The number of amides is 1. The molecular formula is C23H37ClN2O3. The normalized spacial score (nSPS) is 19.3. The standard InChI is InChI=1S/C23H37ClN2O3/c1-4-26(5-2)17-7-6-8-18-28-21-15-11-20(12-16-21)25(3)23(27)29-22-13-9-19(24)10-14-22/h9-10,13-14,20-21H,4-8,11-12,15-18H2,1-3H3/t20-,21-. The Hall–Kier alpha value is -1.30. The lowest BCUT2D eigenvalue weighted by Gasteiger charge is -2.34. The van der Waals surface area contributed by atoms with Gasteiger partial charge in [-0.25, -0.2) is 4.79 Å². The molecule has 1 aliphatic carbocycles. The van der Waals surface area contributed by atoms with Gasteiger partial charge in [-0.2, -0.15) is 0 Å². The largest absolute Gasteiger partial charge is 0.415 e. The van der Waals surface area contributed by atoms with Gasteiger partial charge in [0.2, 0.25) is 0 Å². The monoisotopic (exact) mass is 424 g/mol. The molecule has 29 heavy (non-hydrogen) atoms. The van der Waals surface area contributed by atoms with Crippen LogP contribution in [0.5, 0.6) is 5.75 Å². The molecule has 0 unspecified atom stereocenters. The maximum absolute atomic E-state index is 12.4. The zero-order valence-electron chi connectivity index (χ0n) is 18.2. The van der Waals surface area contributed by atoms with Gasteiger partial charge in [0.1, 0.15) is 5.75 Å². The highest BCUT2D eigenvalue weighted by atomic mass is 35.5. The Kier molecular flexibility index (Phi) is 10.8. The van der Waals surface area contributed by atoms with Gasteiger partial charge in [-0.3, -0.25) is 0 Å². The molecular weight excluding hydrogens is 388 g/mol. The predicted molar refractivity (Wildman–Crippen MR) is 119 cm³/mol. The fraction of sp³-hybridized carbons (Fsp3) is 0.696. The van der Waals surface area contributed by atoms with Crippen LogP contribution in [-0.4, -0.2) is 61.3 Å². The van der Waals surface area contributed by atoms with E-state index >= 15 is 0 Å². The molecule has 1 amide bonds. The van der Waals surface area contributed by atoms with Crippen molar-refractivity contribution in [3.05, 3.63) is 29.3 Å².